The third-order valence-electron chi connectivity index (χ3n) is 2.88. The summed E-state index contributed by atoms with van der Waals surface area (Å²) >= 11 is 0. The molecular weight excluding hydrogens is 212 g/mol. The molecule has 0 saturated carbocycles. The first kappa shape index (κ1) is 11.9. The van der Waals surface area contributed by atoms with Crippen molar-refractivity contribution >= 4 is 16.7 Å². The van der Waals surface area contributed by atoms with E-state index in [9.17, 15) is 4.79 Å². The number of carbonyl (C=O) groups is 1. The van der Waals surface area contributed by atoms with Crippen LogP contribution < -0.4 is 5.32 Å². The number of aromatic amines is 1. The first-order chi connectivity index (χ1) is 8.33. The Hall–Kier alpha value is -1.61. The molecule has 0 unspecified atom stereocenters. The van der Waals surface area contributed by atoms with Crippen LogP contribution in [0.1, 0.15) is 30.1 Å². The van der Waals surface area contributed by atoms with Crippen LogP contribution in [0.2, 0.25) is 0 Å². The Kier molecular flexibility index (Phi) is 3.94. The summed E-state index contributed by atoms with van der Waals surface area (Å²) < 4.78 is 0. The molecule has 2 N–H and O–H groups in total. The summed E-state index contributed by atoms with van der Waals surface area (Å²) in [5.74, 6) is 0.151. The largest absolute Gasteiger partial charge is 0.360 e. The molecule has 0 fully saturated rings. The van der Waals surface area contributed by atoms with E-state index in [0.717, 1.165) is 35.9 Å². The molecular formula is C14H18N2O. The minimum absolute atomic E-state index is 0.151. The average molecular weight is 230 g/mol. The van der Waals surface area contributed by atoms with Gasteiger partial charge in [-0.2, -0.15) is 0 Å². The Balaban J connectivity index is 2.04. The molecule has 0 spiro atoms. The standard InChI is InChI=1S/C14H18N2O/c1-2-3-8-15-10-14(17)12-9-16-13-7-5-4-6-11(12)13/h4-7,9,15-16H,2-3,8,10H2,1H3. The SMILES string of the molecule is CCCCNCC(=O)c1c[nH]c2ccccc12. The van der Waals surface area contributed by atoms with Crippen molar-refractivity contribution in [1.82, 2.24) is 10.3 Å². The normalized spacial score (nSPS) is 10.9. The van der Waals surface area contributed by atoms with Gasteiger partial charge >= 0.3 is 0 Å². The summed E-state index contributed by atoms with van der Waals surface area (Å²) in [5, 5.41) is 4.18. The van der Waals surface area contributed by atoms with Crippen molar-refractivity contribution in [3.8, 4) is 0 Å². The first-order valence-corrected chi connectivity index (χ1v) is 6.13. The van der Waals surface area contributed by atoms with Crippen molar-refractivity contribution in [3.05, 3.63) is 36.0 Å². The Morgan fingerprint density at radius 3 is 3.00 bits per heavy atom. The minimum Gasteiger partial charge on any atom is -0.360 e. The molecule has 17 heavy (non-hydrogen) atoms. The summed E-state index contributed by atoms with van der Waals surface area (Å²) in [5.41, 5.74) is 1.80. The fraction of sp³-hybridized carbons (Fsp3) is 0.357. The van der Waals surface area contributed by atoms with Crippen molar-refractivity contribution in [1.29, 1.82) is 0 Å². The van der Waals surface area contributed by atoms with Crippen LogP contribution in [-0.2, 0) is 0 Å². The Morgan fingerprint density at radius 2 is 2.18 bits per heavy atom. The molecule has 0 radical (unpaired) electrons. The zero-order chi connectivity index (χ0) is 12.1. The molecule has 0 aliphatic carbocycles. The number of ketones is 1. The van der Waals surface area contributed by atoms with Gasteiger partial charge in [-0.15, -0.1) is 0 Å². The number of carbonyl (C=O) groups excluding carboxylic acids is 1. The Bertz CT molecular complexity index is 502. The number of hydrogen-bond donors (Lipinski definition) is 2. The van der Waals surface area contributed by atoms with Crippen LogP contribution in [0, 0.1) is 0 Å². The van der Waals surface area contributed by atoms with Gasteiger partial charge in [-0.3, -0.25) is 4.79 Å². The highest BCUT2D eigenvalue weighted by atomic mass is 16.1. The minimum atomic E-state index is 0.151. The molecule has 0 aliphatic heterocycles. The van der Waals surface area contributed by atoms with E-state index in [4.69, 9.17) is 0 Å². The zero-order valence-electron chi connectivity index (χ0n) is 10.1. The van der Waals surface area contributed by atoms with E-state index >= 15 is 0 Å². The second kappa shape index (κ2) is 5.64. The van der Waals surface area contributed by atoms with Gasteiger partial charge in [-0.25, -0.2) is 0 Å². The van der Waals surface area contributed by atoms with Gasteiger partial charge in [0.05, 0.1) is 6.54 Å². The second-order valence-electron chi connectivity index (χ2n) is 4.20. The highest BCUT2D eigenvalue weighted by molar-refractivity contribution is 6.08. The molecule has 1 aromatic heterocycles. The van der Waals surface area contributed by atoms with Crippen LogP contribution in [0.15, 0.2) is 30.5 Å². The topological polar surface area (TPSA) is 44.9 Å². The number of aromatic nitrogens is 1. The number of Topliss-reactive ketones (excluding diaryl/α,β-unsaturated/α-hetero) is 1. The summed E-state index contributed by atoms with van der Waals surface area (Å²) in [6, 6.07) is 7.88. The molecule has 3 heteroatoms. The van der Waals surface area contributed by atoms with E-state index < -0.39 is 0 Å². The molecule has 0 saturated heterocycles. The Morgan fingerprint density at radius 1 is 1.35 bits per heavy atom. The summed E-state index contributed by atoms with van der Waals surface area (Å²) in [6.45, 7) is 3.47. The van der Waals surface area contributed by atoms with Crippen LogP contribution in [-0.4, -0.2) is 23.9 Å². The van der Waals surface area contributed by atoms with E-state index in [2.05, 4.69) is 17.2 Å². The predicted molar refractivity (Wildman–Crippen MR) is 70.4 cm³/mol. The number of fused-ring (bicyclic) bond motifs is 1. The highest BCUT2D eigenvalue weighted by Crippen LogP contribution is 2.17. The summed E-state index contributed by atoms with van der Waals surface area (Å²) in [7, 11) is 0. The maximum Gasteiger partial charge on any atom is 0.178 e. The molecule has 1 heterocycles. The fourth-order valence-corrected chi connectivity index (χ4v) is 1.90. The number of H-pyrrole nitrogens is 1. The third-order valence-corrected chi connectivity index (χ3v) is 2.88. The van der Waals surface area contributed by atoms with Gasteiger partial charge in [-0.1, -0.05) is 31.5 Å². The molecule has 0 bridgehead atoms. The molecule has 90 valence electrons. The number of benzene rings is 1. The molecule has 2 rings (SSSR count). The van der Waals surface area contributed by atoms with Crippen LogP contribution in [0.4, 0.5) is 0 Å². The fourth-order valence-electron chi connectivity index (χ4n) is 1.90. The Labute approximate surface area is 101 Å². The quantitative estimate of drug-likeness (QED) is 0.592. The molecule has 2 aromatic rings. The van der Waals surface area contributed by atoms with Gasteiger partial charge in [0.1, 0.15) is 0 Å². The summed E-state index contributed by atoms with van der Waals surface area (Å²) in [4.78, 5) is 15.1. The van der Waals surface area contributed by atoms with Gasteiger partial charge in [0.15, 0.2) is 5.78 Å². The number of nitrogens with one attached hydrogen (secondary N) is 2. The maximum absolute atomic E-state index is 12.0. The van der Waals surface area contributed by atoms with Gasteiger partial charge < -0.3 is 10.3 Å². The van der Waals surface area contributed by atoms with Crippen LogP contribution >= 0.6 is 0 Å². The second-order valence-corrected chi connectivity index (χ2v) is 4.20. The van der Waals surface area contributed by atoms with E-state index in [1.165, 1.54) is 0 Å². The van der Waals surface area contributed by atoms with E-state index in [1.54, 1.807) is 6.20 Å². The lowest BCUT2D eigenvalue weighted by atomic mass is 10.1. The van der Waals surface area contributed by atoms with Crippen LogP contribution in [0.3, 0.4) is 0 Å². The first-order valence-electron chi connectivity index (χ1n) is 6.13. The van der Waals surface area contributed by atoms with Gasteiger partial charge in [0, 0.05) is 22.7 Å². The van der Waals surface area contributed by atoms with Crippen molar-refractivity contribution in [2.24, 2.45) is 0 Å². The molecule has 3 nitrogen and oxygen atoms in total. The lowest BCUT2D eigenvalue weighted by Gasteiger charge is -2.02. The monoisotopic (exact) mass is 230 g/mol. The van der Waals surface area contributed by atoms with Crippen LogP contribution in [0.25, 0.3) is 10.9 Å². The number of para-hydroxylation sites is 1. The van der Waals surface area contributed by atoms with Crippen molar-refractivity contribution in [2.45, 2.75) is 19.8 Å². The van der Waals surface area contributed by atoms with Gasteiger partial charge in [0.2, 0.25) is 0 Å². The smallest absolute Gasteiger partial charge is 0.178 e. The summed E-state index contributed by atoms with van der Waals surface area (Å²) in [6.07, 6.45) is 4.06. The van der Waals surface area contributed by atoms with Crippen molar-refractivity contribution < 1.29 is 4.79 Å². The molecule has 0 amide bonds. The maximum atomic E-state index is 12.0. The predicted octanol–water partition coefficient (Wildman–Crippen LogP) is 2.74. The van der Waals surface area contributed by atoms with Crippen molar-refractivity contribution in [2.75, 3.05) is 13.1 Å². The van der Waals surface area contributed by atoms with E-state index in [-0.39, 0.29) is 5.78 Å². The third kappa shape index (κ3) is 2.74. The molecule has 0 atom stereocenters. The van der Waals surface area contributed by atoms with Gasteiger partial charge in [-0.05, 0) is 19.0 Å². The van der Waals surface area contributed by atoms with Crippen molar-refractivity contribution in [3.63, 3.8) is 0 Å². The van der Waals surface area contributed by atoms with E-state index in [0.29, 0.717) is 6.54 Å². The number of rotatable bonds is 6. The van der Waals surface area contributed by atoms with Gasteiger partial charge in [0.25, 0.3) is 0 Å². The average Bonchev–Trinajstić information content (AvgIpc) is 2.78. The van der Waals surface area contributed by atoms with Crippen LogP contribution in [0.5, 0.6) is 0 Å². The number of unbranched alkanes of at least 4 members (excludes halogenated alkanes) is 1. The molecule has 0 aliphatic rings. The lowest BCUT2D eigenvalue weighted by Crippen LogP contribution is -2.23. The number of hydrogen-bond acceptors (Lipinski definition) is 2. The molecule has 1 aromatic carbocycles. The highest BCUT2D eigenvalue weighted by Gasteiger charge is 2.10. The zero-order valence-corrected chi connectivity index (χ0v) is 10.1. The lowest BCUT2D eigenvalue weighted by molar-refractivity contribution is 0.0993. The van der Waals surface area contributed by atoms with E-state index in [1.807, 2.05) is 24.3 Å².